The van der Waals surface area contributed by atoms with E-state index in [2.05, 4.69) is 22.4 Å². The third-order valence-electron chi connectivity index (χ3n) is 2.02. The van der Waals surface area contributed by atoms with Gasteiger partial charge in [0.15, 0.2) is 0 Å². The van der Waals surface area contributed by atoms with Crippen molar-refractivity contribution in [1.82, 2.24) is 0 Å². The molecule has 0 amide bonds. The van der Waals surface area contributed by atoms with Gasteiger partial charge in [-0.15, -0.1) is 0 Å². The molecule has 0 spiro atoms. The van der Waals surface area contributed by atoms with Gasteiger partial charge >= 0.3 is 0 Å². The van der Waals surface area contributed by atoms with E-state index in [4.69, 9.17) is 0 Å². The van der Waals surface area contributed by atoms with Gasteiger partial charge in [-0.1, -0.05) is 30.4 Å². The Morgan fingerprint density at radius 2 is 1.92 bits per heavy atom. The number of benzene rings is 1. The number of fused-ring (bicyclic) bond motifs is 1. The Hall–Kier alpha value is -1.44. The Balaban J connectivity index is 2.53. The van der Waals surface area contributed by atoms with Crippen LogP contribution in [0.3, 0.4) is 0 Å². The van der Waals surface area contributed by atoms with Crippen LogP contribution in [0.5, 0.6) is 0 Å². The SMILES string of the molecule is CC1(C)C=Cc2ccccc2N=N1. The summed E-state index contributed by atoms with van der Waals surface area (Å²) in [6.45, 7) is 4.08. The lowest BCUT2D eigenvalue weighted by atomic mass is 10.1. The van der Waals surface area contributed by atoms with Crippen LogP contribution in [0.1, 0.15) is 19.4 Å². The topological polar surface area (TPSA) is 24.7 Å². The molecule has 0 bridgehead atoms. The average molecular weight is 172 g/mol. The fourth-order valence-electron chi connectivity index (χ4n) is 1.23. The number of hydrogen-bond acceptors (Lipinski definition) is 2. The molecule has 1 aromatic carbocycles. The second-order valence-electron chi connectivity index (χ2n) is 3.75. The molecule has 0 N–H and O–H groups in total. The van der Waals surface area contributed by atoms with Gasteiger partial charge in [0.1, 0.15) is 0 Å². The standard InChI is InChI=1S/C11H12N2/c1-11(2)8-7-9-5-3-4-6-10(9)12-13-11/h3-8H,1-2H3. The Kier molecular flexibility index (Phi) is 1.76. The van der Waals surface area contributed by atoms with Gasteiger partial charge in [-0.2, -0.15) is 10.2 Å². The van der Waals surface area contributed by atoms with Crippen molar-refractivity contribution < 1.29 is 0 Å². The van der Waals surface area contributed by atoms with Gasteiger partial charge in [0.25, 0.3) is 0 Å². The molecule has 0 aromatic heterocycles. The molecule has 2 heteroatoms. The van der Waals surface area contributed by atoms with E-state index in [9.17, 15) is 0 Å². The van der Waals surface area contributed by atoms with Crippen LogP contribution in [0.2, 0.25) is 0 Å². The minimum absolute atomic E-state index is 0.182. The van der Waals surface area contributed by atoms with Gasteiger partial charge in [-0.3, -0.25) is 0 Å². The molecule has 0 saturated heterocycles. The van der Waals surface area contributed by atoms with E-state index in [0.29, 0.717) is 0 Å². The third kappa shape index (κ3) is 1.66. The van der Waals surface area contributed by atoms with Crippen molar-refractivity contribution >= 4 is 11.8 Å². The monoisotopic (exact) mass is 172 g/mol. The molecule has 0 fully saturated rings. The highest BCUT2D eigenvalue weighted by molar-refractivity contribution is 5.64. The highest BCUT2D eigenvalue weighted by atomic mass is 15.1. The first-order valence-corrected chi connectivity index (χ1v) is 4.39. The van der Waals surface area contributed by atoms with Crippen LogP contribution in [-0.2, 0) is 0 Å². The summed E-state index contributed by atoms with van der Waals surface area (Å²) >= 11 is 0. The minimum atomic E-state index is -0.182. The molecule has 0 radical (unpaired) electrons. The highest BCUT2D eigenvalue weighted by Crippen LogP contribution is 2.27. The van der Waals surface area contributed by atoms with Gasteiger partial charge in [0.05, 0.1) is 11.2 Å². The van der Waals surface area contributed by atoms with E-state index in [0.717, 1.165) is 11.3 Å². The van der Waals surface area contributed by atoms with Crippen LogP contribution < -0.4 is 0 Å². The van der Waals surface area contributed by atoms with E-state index >= 15 is 0 Å². The van der Waals surface area contributed by atoms with Crippen molar-refractivity contribution in [3.8, 4) is 0 Å². The molecular formula is C11H12N2. The first kappa shape index (κ1) is 8.17. The molecule has 13 heavy (non-hydrogen) atoms. The van der Waals surface area contributed by atoms with Crippen LogP contribution in [0.4, 0.5) is 5.69 Å². The van der Waals surface area contributed by atoms with E-state index in [1.165, 1.54) is 0 Å². The Morgan fingerprint density at radius 1 is 1.15 bits per heavy atom. The first-order valence-electron chi connectivity index (χ1n) is 4.39. The normalized spacial score (nSPS) is 18.0. The van der Waals surface area contributed by atoms with Crippen LogP contribution in [-0.4, -0.2) is 5.54 Å². The molecule has 2 rings (SSSR count). The van der Waals surface area contributed by atoms with Gasteiger partial charge in [-0.05, 0) is 19.9 Å². The smallest absolute Gasteiger partial charge is 0.0947 e. The maximum Gasteiger partial charge on any atom is 0.0947 e. The predicted molar refractivity (Wildman–Crippen MR) is 54.1 cm³/mol. The second-order valence-corrected chi connectivity index (χ2v) is 3.75. The third-order valence-corrected chi connectivity index (χ3v) is 2.02. The van der Waals surface area contributed by atoms with E-state index in [-0.39, 0.29) is 5.54 Å². The summed E-state index contributed by atoms with van der Waals surface area (Å²) in [4.78, 5) is 0. The van der Waals surface area contributed by atoms with Crippen LogP contribution >= 0.6 is 0 Å². The molecule has 0 saturated carbocycles. The molecule has 1 aliphatic heterocycles. The molecule has 1 aliphatic rings. The number of rotatable bonds is 0. The van der Waals surface area contributed by atoms with Crippen molar-refractivity contribution in [1.29, 1.82) is 0 Å². The average Bonchev–Trinajstić information content (AvgIpc) is 2.27. The number of hydrogen-bond donors (Lipinski definition) is 0. The fraction of sp³-hybridized carbons (Fsp3) is 0.273. The maximum atomic E-state index is 4.24. The number of nitrogens with zero attached hydrogens (tertiary/aromatic N) is 2. The van der Waals surface area contributed by atoms with Gasteiger partial charge < -0.3 is 0 Å². The molecule has 66 valence electrons. The van der Waals surface area contributed by atoms with Crippen LogP contribution in [0.15, 0.2) is 40.6 Å². The number of azo groups is 1. The molecule has 0 unspecified atom stereocenters. The van der Waals surface area contributed by atoms with Gasteiger partial charge in [-0.25, -0.2) is 0 Å². The summed E-state index contributed by atoms with van der Waals surface area (Å²) in [6.07, 6.45) is 4.15. The lowest BCUT2D eigenvalue weighted by Crippen LogP contribution is -2.09. The Bertz CT molecular complexity index is 340. The first-order chi connectivity index (χ1) is 6.17. The summed E-state index contributed by atoms with van der Waals surface area (Å²) in [5.41, 5.74) is 1.90. The zero-order valence-corrected chi connectivity index (χ0v) is 7.86. The summed E-state index contributed by atoms with van der Waals surface area (Å²) in [6, 6.07) is 8.01. The Morgan fingerprint density at radius 3 is 2.77 bits per heavy atom. The highest BCUT2D eigenvalue weighted by Gasteiger charge is 2.14. The van der Waals surface area contributed by atoms with Crippen molar-refractivity contribution in [3.63, 3.8) is 0 Å². The zero-order valence-electron chi connectivity index (χ0n) is 7.86. The largest absolute Gasteiger partial charge is 0.178 e. The molecular weight excluding hydrogens is 160 g/mol. The fourth-order valence-corrected chi connectivity index (χ4v) is 1.23. The van der Waals surface area contributed by atoms with E-state index < -0.39 is 0 Å². The summed E-state index contributed by atoms with van der Waals surface area (Å²) in [7, 11) is 0. The van der Waals surface area contributed by atoms with Crippen LogP contribution in [0.25, 0.3) is 6.08 Å². The predicted octanol–water partition coefficient (Wildman–Crippen LogP) is 3.58. The minimum Gasteiger partial charge on any atom is -0.178 e. The molecule has 1 aromatic rings. The summed E-state index contributed by atoms with van der Waals surface area (Å²) < 4.78 is 0. The summed E-state index contributed by atoms with van der Waals surface area (Å²) in [5.74, 6) is 0. The second kappa shape index (κ2) is 2.80. The van der Waals surface area contributed by atoms with Crippen molar-refractivity contribution in [2.75, 3.05) is 0 Å². The zero-order chi connectivity index (χ0) is 9.31. The molecule has 0 atom stereocenters. The van der Waals surface area contributed by atoms with Gasteiger partial charge in [0.2, 0.25) is 0 Å². The molecule has 0 aliphatic carbocycles. The van der Waals surface area contributed by atoms with Gasteiger partial charge in [0, 0.05) is 5.56 Å². The quantitative estimate of drug-likeness (QED) is 0.571. The van der Waals surface area contributed by atoms with Crippen LogP contribution in [0, 0.1) is 0 Å². The summed E-state index contributed by atoms with van der Waals surface area (Å²) in [5, 5.41) is 8.44. The van der Waals surface area contributed by atoms with Crippen molar-refractivity contribution in [2.45, 2.75) is 19.4 Å². The molecule has 2 nitrogen and oxygen atoms in total. The van der Waals surface area contributed by atoms with Crippen molar-refractivity contribution in [2.24, 2.45) is 10.2 Å². The van der Waals surface area contributed by atoms with Crippen molar-refractivity contribution in [3.05, 3.63) is 35.9 Å². The Labute approximate surface area is 78.0 Å². The maximum absolute atomic E-state index is 4.24. The van der Waals surface area contributed by atoms with E-state index in [1.807, 2.05) is 38.1 Å². The lowest BCUT2D eigenvalue weighted by Gasteiger charge is -2.09. The van der Waals surface area contributed by atoms with E-state index in [1.54, 1.807) is 0 Å². The lowest BCUT2D eigenvalue weighted by molar-refractivity contribution is 0.625. The molecule has 1 heterocycles.